The van der Waals surface area contributed by atoms with E-state index in [-0.39, 0.29) is 0 Å². The summed E-state index contributed by atoms with van der Waals surface area (Å²) in [5, 5.41) is 2.91. The van der Waals surface area contributed by atoms with Crippen LogP contribution in [0.25, 0.3) is 29.6 Å². The van der Waals surface area contributed by atoms with Crippen molar-refractivity contribution in [1.29, 1.82) is 0 Å². The van der Waals surface area contributed by atoms with Crippen LogP contribution >= 0.6 is 45.3 Å². The molecule has 0 aliphatic heterocycles. The molecule has 146 valence electrons. The van der Waals surface area contributed by atoms with E-state index in [1.165, 1.54) is 71.3 Å². The Morgan fingerprint density at radius 2 is 0.786 bits per heavy atom. The summed E-state index contributed by atoms with van der Waals surface area (Å²) in [5.74, 6) is 0. The Bertz CT molecular complexity index is 1180. The molecule has 0 spiro atoms. The van der Waals surface area contributed by atoms with E-state index in [1.54, 1.807) is 0 Å². The molecular formula is C24H26S4. The van der Waals surface area contributed by atoms with Crippen molar-refractivity contribution in [1.82, 2.24) is 0 Å². The van der Waals surface area contributed by atoms with Gasteiger partial charge >= 0.3 is 0 Å². The summed E-state index contributed by atoms with van der Waals surface area (Å²) >= 11 is 7.72. The van der Waals surface area contributed by atoms with Crippen LogP contribution in [0.1, 0.15) is 41.8 Å². The van der Waals surface area contributed by atoms with E-state index in [2.05, 4.69) is 67.5 Å². The van der Waals surface area contributed by atoms with Gasteiger partial charge in [-0.05, 0) is 101 Å². The topological polar surface area (TPSA) is 0 Å². The third-order valence-electron chi connectivity index (χ3n) is 5.65. The smallest absolute Gasteiger partial charge is 0.0488 e. The first-order valence-corrected chi connectivity index (χ1v) is 12.8. The second-order valence-corrected chi connectivity index (χ2v) is 12.6. The summed E-state index contributed by atoms with van der Waals surface area (Å²) in [6, 6.07) is 4.66. The van der Waals surface area contributed by atoms with Gasteiger partial charge in [0.25, 0.3) is 0 Å². The van der Waals surface area contributed by atoms with Gasteiger partial charge in [-0.3, -0.25) is 0 Å². The number of hydrogen-bond acceptors (Lipinski definition) is 4. The van der Waals surface area contributed by atoms with E-state index in [1.807, 2.05) is 45.3 Å². The highest BCUT2D eigenvalue weighted by molar-refractivity contribution is 7.28. The normalized spacial score (nSPS) is 11.6. The first-order valence-electron chi connectivity index (χ1n) is 9.54. The zero-order valence-electron chi connectivity index (χ0n) is 17.8. The molecule has 0 atom stereocenters. The van der Waals surface area contributed by atoms with Crippen LogP contribution in [-0.2, 0) is 0 Å². The maximum absolute atomic E-state index is 2.33. The Labute approximate surface area is 183 Å². The van der Waals surface area contributed by atoms with Crippen molar-refractivity contribution < 1.29 is 0 Å². The molecule has 0 saturated carbocycles. The molecule has 0 aliphatic rings. The monoisotopic (exact) mass is 442 g/mol. The van der Waals surface area contributed by atoms with E-state index in [9.17, 15) is 0 Å². The van der Waals surface area contributed by atoms with E-state index in [0.29, 0.717) is 0 Å². The van der Waals surface area contributed by atoms with Crippen molar-refractivity contribution in [2.24, 2.45) is 0 Å². The molecule has 1 aromatic carbocycles. The average Bonchev–Trinajstić information content (AvgIpc) is 3.36. The molecule has 0 radical (unpaired) electrons. The molecule has 0 fully saturated rings. The van der Waals surface area contributed by atoms with Crippen LogP contribution in [0.5, 0.6) is 0 Å². The summed E-state index contributed by atoms with van der Waals surface area (Å²) in [6.45, 7) is 17.8. The van der Waals surface area contributed by atoms with E-state index in [4.69, 9.17) is 0 Å². The van der Waals surface area contributed by atoms with Gasteiger partial charge in [-0.2, -0.15) is 0 Å². The van der Waals surface area contributed by atoms with Gasteiger partial charge in [-0.1, -0.05) is 0 Å². The minimum atomic E-state index is 1.41. The number of fused-ring (bicyclic) bond motifs is 3. The van der Waals surface area contributed by atoms with Gasteiger partial charge in [0, 0.05) is 38.3 Å². The number of thiophene rings is 4. The summed E-state index contributed by atoms with van der Waals surface area (Å²) in [4.78, 5) is 5.77. The second-order valence-electron chi connectivity index (χ2n) is 7.67. The van der Waals surface area contributed by atoms with Gasteiger partial charge in [0.2, 0.25) is 0 Å². The molecule has 4 heterocycles. The SMILES string of the molecule is Cc1cc2c(C)c3sc(C)cc3c(C)c2s1.Cc1sc2c(C)c(C)sc2c1C. The number of hydrogen-bond donors (Lipinski definition) is 0. The molecule has 0 bridgehead atoms. The third kappa shape index (κ3) is 3.15. The quantitative estimate of drug-likeness (QED) is 0.224. The van der Waals surface area contributed by atoms with Crippen LogP contribution in [0, 0.1) is 55.4 Å². The van der Waals surface area contributed by atoms with Crippen molar-refractivity contribution in [2.75, 3.05) is 0 Å². The Morgan fingerprint density at radius 3 is 1.14 bits per heavy atom. The summed E-state index contributed by atoms with van der Waals surface area (Å²) in [5.41, 5.74) is 5.88. The number of benzene rings is 1. The lowest BCUT2D eigenvalue weighted by Gasteiger charge is -2.03. The summed E-state index contributed by atoms with van der Waals surface area (Å²) in [7, 11) is 0. The van der Waals surface area contributed by atoms with Crippen LogP contribution in [-0.4, -0.2) is 0 Å². The van der Waals surface area contributed by atoms with Crippen LogP contribution in [0.4, 0.5) is 0 Å². The van der Waals surface area contributed by atoms with Gasteiger partial charge in [0.1, 0.15) is 0 Å². The fourth-order valence-electron chi connectivity index (χ4n) is 3.75. The number of rotatable bonds is 0. The lowest BCUT2D eigenvalue weighted by Crippen LogP contribution is -1.79. The Kier molecular flexibility index (Phi) is 5.20. The molecular weight excluding hydrogens is 417 g/mol. The molecule has 0 saturated heterocycles. The maximum Gasteiger partial charge on any atom is 0.0488 e. The van der Waals surface area contributed by atoms with Gasteiger partial charge in [-0.15, -0.1) is 45.3 Å². The maximum atomic E-state index is 2.33. The van der Waals surface area contributed by atoms with Gasteiger partial charge < -0.3 is 0 Å². The lowest BCUT2D eigenvalue weighted by molar-refractivity contribution is 1.48. The van der Waals surface area contributed by atoms with Gasteiger partial charge in [-0.25, -0.2) is 0 Å². The van der Waals surface area contributed by atoms with Crippen molar-refractivity contribution in [3.05, 3.63) is 53.9 Å². The zero-order chi connectivity index (χ0) is 20.3. The van der Waals surface area contributed by atoms with Crippen molar-refractivity contribution in [3.63, 3.8) is 0 Å². The van der Waals surface area contributed by atoms with Crippen LogP contribution in [0.3, 0.4) is 0 Å². The van der Waals surface area contributed by atoms with Crippen LogP contribution in [0.2, 0.25) is 0 Å². The molecule has 5 aromatic rings. The van der Waals surface area contributed by atoms with E-state index < -0.39 is 0 Å². The molecule has 4 aromatic heterocycles. The highest BCUT2D eigenvalue weighted by atomic mass is 32.1. The van der Waals surface area contributed by atoms with Crippen molar-refractivity contribution in [2.45, 2.75) is 55.4 Å². The van der Waals surface area contributed by atoms with Gasteiger partial charge in [0.15, 0.2) is 0 Å². The molecule has 4 heteroatoms. The standard InChI is InChI=1S/C14H14S2.C10H12S2/c1-7-5-11-9(3)14-12(6-8(2)16-14)10(4)13(11)15-7;1-5-7(3)11-10-6(2)8(4)12-9(5)10/h5-6H,1-4H3;1-4H3. The largest absolute Gasteiger partial charge is 0.140 e. The first kappa shape index (κ1) is 20.1. The van der Waals surface area contributed by atoms with E-state index >= 15 is 0 Å². The Morgan fingerprint density at radius 1 is 0.429 bits per heavy atom. The summed E-state index contributed by atoms with van der Waals surface area (Å²) in [6.07, 6.45) is 0. The molecule has 0 N–H and O–H groups in total. The fraction of sp³-hybridized carbons (Fsp3) is 0.333. The predicted octanol–water partition coefficient (Wildman–Crippen LogP) is 9.55. The molecule has 0 unspecified atom stereocenters. The molecule has 0 nitrogen and oxygen atoms in total. The van der Waals surface area contributed by atoms with Gasteiger partial charge in [0.05, 0.1) is 0 Å². The molecule has 0 amide bonds. The zero-order valence-corrected chi connectivity index (χ0v) is 21.1. The summed E-state index contributed by atoms with van der Waals surface area (Å²) < 4.78 is 5.96. The van der Waals surface area contributed by atoms with E-state index in [0.717, 1.165) is 0 Å². The first-order chi connectivity index (χ1) is 13.2. The van der Waals surface area contributed by atoms with Crippen molar-refractivity contribution in [3.8, 4) is 0 Å². The Hall–Kier alpha value is -1.20. The highest BCUT2D eigenvalue weighted by Gasteiger charge is 2.13. The third-order valence-corrected chi connectivity index (χ3v) is 10.8. The molecule has 0 aliphatic carbocycles. The fourth-order valence-corrected chi connectivity index (χ4v) is 8.53. The van der Waals surface area contributed by atoms with Crippen LogP contribution in [0.15, 0.2) is 12.1 Å². The van der Waals surface area contributed by atoms with Crippen molar-refractivity contribution >= 4 is 74.9 Å². The van der Waals surface area contributed by atoms with Crippen LogP contribution < -0.4 is 0 Å². The lowest BCUT2D eigenvalue weighted by atomic mass is 10.0. The highest BCUT2D eigenvalue weighted by Crippen LogP contribution is 2.41. The minimum absolute atomic E-state index is 1.41. The second kappa shape index (κ2) is 7.24. The molecule has 28 heavy (non-hydrogen) atoms. The Balaban J connectivity index is 0.000000143. The minimum Gasteiger partial charge on any atom is -0.140 e. The average molecular weight is 443 g/mol. The number of aryl methyl sites for hydroxylation is 8. The molecule has 5 rings (SSSR count). The predicted molar refractivity (Wildman–Crippen MR) is 135 cm³/mol.